The summed E-state index contributed by atoms with van der Waals surface area (Å²) in [6, 6.07) is 10.4. The van der Waals surface area contributed by atoms with Crippen molar-refractivity contribution in [3.8, 4) is 6.07 Å². The number of hydrogen-bond acceptors (Lipinski definition) is 2. The van der Waals surface area contributed by atoms with Crippen molar-refractivity contribution in [3.05, 3.63) is 35.4 Å². The third-order valence-electron chi connectivity index (χ3n) is 3.76. The summed E-state index contributed by atoms with van der Waals surface area (Å²) in [5.41, 5.74) is 1.81. The Morgan fingerprint density at radius 1 is 1.40 bits per heavy atom. The van der Waals surface area contributed by atoms with E-state index in [0.717, 1.165) is 17.2 Å². The van der Waals surface area contributed by atoms with Crippen molar-refractivity contribution in [2.75, 3.05) is 7.05 Å². The average molecular weight is 287 g/mol. The van der Waals surface area contributed by atoms with E-state index in [0.29, 0.717) is 11.6 Å². The predicted molar refractivity (Wildman–Crippen MR) is 85.2 cm³/mol. The Bertz CT molecular complexity index is 501. The smallest absolute Gasteiger partial charge is 0.169 e. The Balaban J connectivity index is 1.88. The van der Waals surface area contributed by atoms with Gasteiger partial charge in [-0.05, 0) is 42.8 Å². The Labute approximate surface area is 126 Å². The standard InChI is InChI=1S/C16H21N3S/c1-19(12-14-7-5-6-13(10-14)11-17)16(20)18-15-8-3-2-4-9-15/h5-7,10,15H,2-4,8-9,12H2,1H3,(H,18,20). The second-order valence-corrected chi connectivity index (χ2v) is 5.84. The number of nitrogens with zero attached hydrogens (tertiary/aromatic N) is 2. The van der Waals surface area contributed by atoms with Crippen LogP contribution in [0.15, 0.2) is 24.3 Å². The molecule has 0 aliphatic heterocycles. The first kappa shape index (κ1) is 14.8. The molecule has 0 heterocycles. The van der Waals surface area contributed by atoms with E-state index >= 15 is 0 Å². The Kier molecular flexibility index (Phi) is 5.37. The number of benzene rings is 1. The minimum Gasteiger partial charge on any atom is -0.360 e. The minimum absolute atomic E-state index is 0.532. The molecule has 1 aromatic rings. The van der Waals surface area contributed by atoms with E-state index in [1.807, 2.05) is 36.2 Å². The van der Waals surface area contributed by atoms with Crippen LogP contribution in [-0.4, -0.2) is 23.1 Å². The first-order chi connectivity index (χ1) is 9.69. The zero-order valence-electron chi connectivity index (χ0n) is 11.9. The van der Waals surface area contributed by atoms with Gasteiger partial charge in [-0.15, -0.1) is 0 Å². The Hall–Kier alpha value is -1.60. The van der Waals surface area contributed by atoms with E-state index in [1.54, 1.807) is 0 Å². The summed E-state index contributed by atoms with van der Waals surface area (Å²) < 4.78 is 0. The van der Waals surface area contributed by atoms with Crippen LogP contribution in [0.4, 0.5) is 0 Å². The zero-order valence-corrected chi connectivity index (χ0v) is 12.7. The summed E-state index contributed by atoms with van der Waals surface area (Å²) in [7, 11) is 2.00. The van der Waals surface area contributed by atoms with E-state index in [9.17, 15) is 0 Å². The third kappa shape index (κ3) is 4.21. The van der Waals surface area contributed by atoms with Crippen molar-refractivity contribution in [2.45, 2.75) is 44.7 Å². The molecule has 0 unspecified atom stereocenters. The maximum absolute atomic E-state index is 8.92. The van der Waals surface area contributed by atoms with Gasteiger partial charge in [-0.1, -0.05) is 31.4 Å². The zero-order chi connectivity index (χ0) is 14.4. The van der Waals surface area contributed by atoms with E-state index in [-0.39, 0.29) is 0 Å². The van der Waals surface area contributed by atoms with Crippen molar-refractivity contribution in [3.63, 3.8) is 0 Å². The minimum atomic E-state index is 0.532. The molecule has 20 heavy (non-hydrogen) atoms. The number of nitriles is 1. The molecule has 1 aliphatic carbocycles. The van der Waals surface area contributed by atoms with Gasteiger partial charge in [-0.3, -0.25) is 0 Å². The van der Waals surface area contributed by atoms with Gasteiger partial charge in [0.05, 0.1) is 11.6 Å². The van der Waals surface area contributed by atoms with Gasteiger partial charge in [0.2, 0.25) is 0 Å². The van der Waals surface area contributed by atoms with Gasteiger partial charge in [0.1, 0.15) is 0 Å². The van der Waals surface area contributed by atoms with E-state index in [1.165, 1.54) is 32.1 Å². The molecule has 0 spiro atoms. The molecule has 0 amide bonds. The SMILES string of the molecule is CN(Cc1cccc(C#N)c1)C(=S)NC1CCCCC1. The Morgan fingerprint density at radius 3 is 2.85 bits per heavy atom. The highest BCUT2D eigenvalue weighted by Gasteiger charge is 2.15. The fourth-order valence-electron chi connectivity index (χ4n) is 2.62. The molecule has 0 radical (unpaired) electrons. The summed E-state index contributed by atoms with van der Waals surface area (Å²) in [6.07, 6.45) is 6.39. The molecule has 1 N–H and O–H groups in total. The molecular formula is C16H21N3S. The van der Waals surface area contributed by atoms with Gasteiger partial charge in [-0.2, -0.15) is 5.26 Å². The van der Waals surface area contributed by atoms with Crippen molar-refractivity contribution in [2.24, 2.45) is 0 Å². The molecule has 1 fully saturated rings. The molecule has 0 saturated heterocycles. The summed E-state index contributed by atoms with van der Waals surface area (Å²) in [6.45, 7) is 0.730. The lowest BCUT2D eigenvalue weighted by Crippen LogP contribution is -2.43. The molecule has 4 heteroatoms. The van der Waals surface area contributed by atoms with E-state index in [2.05, 4.69) is 11.4 Å². The molecule has 1 aliphatic rings. The first-order valence-corrected chi connectivity index (χ1v) is 7.60. The molecule has 106 valence electrons. The topological polar surface area (TPSA) is 39.1 Å². The second-order valence-electron chi connectivity index (χ2n) is 5.45. The van der Waals surface area contributed by atoms with Crippen LogP contribution in [0, 0.1) is 11.3 Å². The van der Waals surface area contributed by atoms with Crippen LogP contribution in [0.25, 0.3) is 0 Å². The van der Waals surface area contributed by atoms with Crippen LogP contribution in [-0.2, 0) is 6.54 Å². The van der Waals surface area contributed by atoms with Gasteiger partial charge in [0, 0.05) is 19.6 Å². The lowest BCUT2D eigenvalue weighted by Gasteiger charge is -2.28. The lowest BCUT2D eigenvalue weighted by molar-refractivity contribution is 0.392. The van der Waals surface area contributed by atoms with Crippen molar-refractivity contribution < 1.29 is 0 Å². The molecule has 1 aromatic carbocycles. The van der Waals surface area contributed by atoms with E-state index in [4.69, 9.17) is 17.5 Å². The summed E-state index contributed by atoms with van der Waals surface area (Å²) >= 11 is 5.47. The molecule has 0 aromatic heterocycles. The van der Waals surface area contributed by atoms with Gasteiger partial charge < -0.3 is 10.2 Å². The molecular weight excluding hydrogens is 266 g/mol. The molecule has 2 rings (SSSR count). The first-order valence-electron chi connectivity index (χ1n) is 7.19. The van der Waals surface area contributed by atoms with Crippen LogP contribution in [0.2, 0.25) is 0 Å². The predicted octanol–water partition coefficient (Wildman–Crippen LogP) is 3.20. The summed E-state index contributed by atoms with van der Waals surface area (Å²) in [5, 5.41) is 13.2. The van der Waals surface area contributed by atoms with Crippen LogP contribution in [0.3, 0.4) is 0 Å². The maximum Gasteiger partial charge on any atom is 0.169 e. The average Bonchev–Trinajstić information content (AvgIpc) is 2.48. The van der Waals surface area contributed by atoms with Gasteiger partial charge >= 0.3 is 0 Å². The summed E-state index contributed by atoms with van der Waals surface area (Å²) in [4.78, 5) is 2.04. The highest BCUT2D eigenvalue weighted by Crippen LogP contribution is 2.17. The molecule has 0 bridgehead atoms. The van der Waals surface area contributed by atoms with Crippen molar-refractivity contribution >= 4 is 17.3 Å². The highest BCUT2D eigenvalue weighted by atomic mass is 32.1. The van der Waals surface area contributed by atoms with Crippen LogP contribution < -0.4 is 5.32 Å². The number of hydrogen-bond donors (Lipinski definition) is 1. The number of thiocarbonyl (C=S) groups is 1. The molecule has 1 saturated carbocycles. The van der Waals surface area contributed by atoms with Crippen LogP contribution in [0.1, 0.15) is 43.2 Å². The number of nitrogens with one attached hydrogen (secondary N) is 1. The van der Waals surface area contributed by atoms with E-state index < -0.39 is 0 Å². The highest BCUT2D eigenvalue weighted by molar-refractivity contribution is 7.80. The quantitative estimate of drug-likeness (QED) is 0.867. The van der Waals surface area contributed by atoms with Crippen molar-refractivity contribution in [1.29, 1.82) is 5.26 Å². The van der Waals surface area contributed by atoms with Crippen molar-refractivity contribution in [1.82, 2.24) is 10.2 Å². The largest absolute Gasteiger partial charge is 0.360 e. The lowest BCUT2D eigenvalue weighted by atomic mass is 9.96. The Morgan fingerprint density at radius 2 is 2.15 bits per heavy atom. The molecule has 3 nitrogen and oxygen atoms in total. The van der Waals surface area contributed by atoms with Gasteiger partial charge in [0.25, 0.3) is 0 Å². The van der Waals surface area contributed by atoms with Gasteiger partial charge in [0.15, 0.2) is 5.11 Å². The normalized spacial score (nSPS) is 15.4. The summed E-state index contributed by atoms with van der Waals surface area (Å²) in [5.74, 6) is 0. The monoisotopic (exact) mass is 287 g/mol. The van der Waals surface area contributed by atoms with Crippen LogP contribution in [0.5, 0.6) is 0 Å². The third-order valence-corrected chi connectivity index (χ3v) is 4.18. The van der Waals surface area contributed by atoms with Gasteiger partial charge in [-0.25, -0.2) is 0 Å². The second kappa shape index (κ2) is 7.25. The fourth-order valence-corrected chi connectivity index (χ4v) is 2.85. The van der Waals surface area contributed by atoms with Crippen LogP contribution >= 0.6 is 12.2 Å². The fraction of sp³-hybridized carbons (Fsp3) is 0.500. The maximum atomic E-state index is 8.92. The molecule has 0 atom stereocenters. The number of rotatable bonds is 3.